The zero-order valence-corrected chi connectivity index (χ0v) is 14.2. The van der Waals surface area contributed by atoms with Crippen LogP contribution in [0.3, 0.4) is 0 Å². The van der Waals surface area contributed by atoms with E-state index < -0.39 is 0 Å². The molecule has 7 nitrogen and oxygen atoms in total. The van der Waals surface area contributed by atoms with Gasteiger partial charge in [0.15, 0.2) is 17.0 Å². The molecule has 2 aromatic heterocycles. The van der Waals surface area contributed by atoms with Gasteiger partial charge in [-0.25, -0.2) is 15.0 Å². The maximum absolute atomic E-state index is 8.73. The predicted octanol–water partition coefficient (Wildman–Crippen LogP) is 1.71. The van der Waals surface area contributed by atoms with E-state index in [0.717, 1.165) is 55.3 Å². The number of imidazole rings is 1. The number of aliphatic hydroxyl groups excluding tert-OH is 1. The number of rotatable bonds is 11. The Labute approximate surface area is 137 Å². The summed E-state index contributed by atoms with van der Waals surface area (Å²) in [6.07, 6.45) is 7.24. The molecule has 0 atom stereocenters. The third-order valence-corrected chi connectivity index (χ3v) is 3.98. The number of anilines is 1. The lowest BCUT2D eigenvalue weighted by molar-refractivity contribution is 0.282. The maximum Gasteiger partial charge on any atom is 0.165 e. The van der Waals surface area contributed by atoms with Crippen molar-refractivity contribution >= 4 is 17.0 Å². The zero-order chi connectivity index (χ0) is 16.5. The number of aryl methyl sites for hydroxylation is 1. The van der Waals surface area contributed by atoms with Crippen LogP contribution in [0.4, 0.5) is 5.82 Å². The number of nitrogens with zero attached hydrogens (tertiary/aromatic N) is 4. The summed E-state index contributed by atoms with van der Waals surface area (Å²) in [5, 5.41) is 15.3. The van der Waals surface area contributed by atoms with E-state index in [0.29, 0.717) is 6.61 Å². The molecular weight excluding hydrogens is 292 g/mol. The van der Waals surface area contributed by atoms with Crippen LogP contribution >= 0.6 is 0 Å². The van der Waals surface area contributed by atoms with Gasteiger partial charge in [0.2, 0.25) is 0 Å². The van der Waals surface area contributed by atoms with E-state index in [1.54, 1.807) is 6.33 Å². The van der Waals surface area contributed by atoms with Crippen molar-refractivity contribution in [3.8, 4) is 0 Å². The van der Waals surface area contributed by atoms with Crippen molar-refractivity contribution in [1.29, 1.82) is 0 Å². The second-order valence-electron chi connectivity index (χ2n) is 5.70. The molecule has 23 heavy (non-hydrogen) atoms. The summed E-state index contributed by atoms with van der Waals surface area (Å²) >= 11 is 0. The Hall–Kier alpha value is -1.73. The third kappa shape index (κ3) is 4.87. The van der Waals surface area contributed by atoms with Crippen LogP contribution in [0.2, 0.25) is 0 Å². The number of aliphatic hydroxyl groups is 1. The van der Waals surface area contributed by atoms with Crippen molar-refractivity contribution in [2.24, 2.45) is 0 Å². The lowest BCUT2D eigenvalue weighted by Gasteiger charge is -2.08. The molecule has 7 heteroatoms. The molecule has 0 aliphatic rings. The predicted molar refractivity (Wildman–Crippen MR) is 92.6 cm³/mol. The van der Waals surface area contributed by atoms with Crippen LogP contribution in [0.25, 0.3) is 11.2 Å². The Balaban J connectivity index is 1.76. The van der Waals surface area contributed by atoms with Crippen LogP contribution in [-0.2, 0) is 6.54 Å². The van der Waals surface area contributed by atoms with Crippen LogP contribution in [0, 0.1) is 6.92 Å². The molecule has 0 aromatic carbocycles. The number of hydrogen-bond donors (Lipinski definition) is 3. The summed E-state index contributed by atoms with van der Waals surface area (Å²) in [4.78, 5) is 13.1. The van der Waals surface area contributed by atoms with Crippen molar-refractivity contribution < 1.29 is 5.11 Å². The van der Waals surface area contributed by atoms with E-state index in [9.17, 15) is 0 Å². The van der Waals surface area contributed by atoms with E-state index in [1.807, 2.05) is 14.0 Å². The first-order chi connectivity index (χ1) is 11.3. The molecule has 0 spiro atoms. The summed E-state index contributed by atoms with van der Waals surface area (Å²) in [6.45, 7) is 5.11. The summed E-state index contributed by atoms with van der Waals surface area (Å²) in [5.41, 5.74) is 1.71. The molecule has 0 radical (unpaired) electrons. The Morgan fingerprint density at radius 1 is 1.09 bits per heavy atom. The summed E-state index contributed by atoms with van der Waals surface area (Å²) in [7, 11) is 1.85. The Morgan fingerprint density at radius 2 is 1.87 bits per heavy atom. The first kappa shape index (κ1) is 17.6. The van der Waals surface area contributed by atoms with E-state index in [2.05, 4.69) is 30.2 Å². The first-order valence-electron chi connectivity index (χ1n) is 8.45. The van der Waals surface area contributed by atoms with Gasteiger partial charge in [-0.05, 0) is 26.3 Å². The fraction of sp³-hybridized carbons (Fsp3) is 0.688. The standard InChI is InChI=1S/C16H28N6O/c1-13-21-14-15(17-2)19-12-20-16(14)22(13)10-9-18-8-6-4-3-5-7-11-23/h12,18,23H,3-11H2,1-2H3,(H,17,19,20). The summed E-state index contributed by atoms with van der Waals surface area (Å²) < 4.78 is 2.13. The smallest absolute Gasteiger partial charge is 0.165 e. The lowest BCUT2D eigenvalue weighted by Crippen LogP contribution is -2.21. The van der Waals surface area contributed by atoms with E-state index >= 15 is 0 Å². The third-order valence-electron chi connectivity index (χ3n) is 3.98. The van der Waals surface area contributed by atoms with Crippen LogP contribution in [-0.4, -0.2) is 51.4 Å². The van der Waals surface area contributed by atoms with Gasteiger partial charge < -0.3 is 20.3 Å². The molecule has 2 aromatic rings. The molecule has 0 fully saturated rings. The SMILES string of the molecule is CNc1ncnc2c1nc(C)n2CCNCCCCCCCO. The highest BCUT2D eigenvalue weighted by molar-refractivity contribution is 5.83. The van der Waals surface area contributed by atoms with Gasteiger partial charge in [0.05, 0.1) is 0 Å². The topological polar surface area (TPSA) is 87.9 Å². The van der Waals surface area contributed by atoms with Crippen LogP contribution in [0.1, 0.15) is 37.9 Å². The molecule has 2 rings (SSSR count). The molecule has 0 saturated carbocycles. The van der Waals surface area contributed by atoms with Crippen LogP contribution in [0.15, 0.2) is 6.33 Å². The molecule has 0 unspecified atom stereocenters. The van der Waals surface area contributed by atoms with Gasteiger partial charge in [-0.3, -0.25) is 0 Å². The van der Waals surface area contributed by atoms with Crippen molar-refractivity contribution in [3.63, 3.8) is 0 Å². The zero-order valence-electron chi connectivity index (χ0n) is 14.2. The molecule has 0 saturated heterocycles. The molecule has 0 aliphatic heterocycles. The molecule has 2 heterocycles. The quantitative estimate of drug-likeness (QED) is 0.546. The van der Waals surface area contributed by atoms with Crippen LogP contribution in [0.5, 0.6) is 0 Å². The molecular formula is C16H28N6O. The highest BCUT2D eigenvalue weighted by Crippen LogP contribution is 2.18. The second-order valence-corrected chi connectivity index (χ2v) is 5.70. The fourth-order valence-electron chi connectivity index (χ4n) is 2.70. The molecule has 3 N–H and O–H groups in total. The van der Waals surface area contributed by atoms with Crippen molar-refractivity contribution in [2.75, 3.05) is 32.1 Å². The van der Waals surface area contributed by atoms with Gasteiger partial charge in [0.1, 0.15) is 12.2 Å². The van der Waals surface area contributed by atoms with Gasteiger partial charge >= 0.3 is 0 Å². The average Bonchev–Trinajstić information content (AvgIpc) is 2.89. The number of fused-ring (bicyclic) bond motifs is 1. The fourth-order valence-corrected chi connectivity index (χ4v) is 2.70. The summed E-state index contributed by atoms with van der Waals surface area (Å²) in [6, 6.07) is 0. The average molecular weight is 320 g/mol. The summed E-state index contributed by atoms with van der Waals surface area (Å²) in [5.74, 6) is 1.73. The van der Waals surface area contributed by atoms with E-state index in [-0.39, 0.29) is 0 Å². The van der Waals surface area contributed by atoms with Gasteiger partial charge in [0.25, 0.3) is 0 Å². The Morgan fingerprint density at radius 3 is 2.65 bits per heavy atom. The van der Waals surface area contributed by atoms with Gasteiger partial charge in [-0.1, -0.05) is 19.3 Å². The second kappa shape index (κ2) is 9.42. The highest BCUT2D eigenvalue weighted by atomic mass is 16.2. The van der Waals surface area contributed by atoms with E-state index in [4.69, 9.17) is 5.11 Å². The highest BCUT2D eigenvalue weighted by Gasteiger charge is 2.12. The normalized spacial score (nSPS) is 11.3. The van der Waals surface area contributed by atoms with Gasteiger partial charge in [-0.15, -0.1) is 0 Å². The minimum Gasteiger partial charge on any atom is -0.396 e. The first-order valence-corrected chi connectivity index (χ1v) is 8.45. The van der Waals surface area contributed by atoms with Crippen LogP contribution < -0.4 is 10.6 Å². The van der Waals surface area contributed by atoms with E-state index in [1.165, 1.54) is 19.3 Å². The van der Waals surface area contributed by atoms with Crippen molar-refractivity contribution in [1.82, 2.24) is 24.8 Å². The Bertz CT molecular complexity index is 598. The maximum atomic E-state index is 8.73. The van der Waals surface area contributed by atoms with Gasteiger partial charge in [-0.2, -0.15) is 0 Å². The monoisotopic (exact) mass is 320 g/mol. The van der Waals surface area contributed by atoms with Crippen molar-refractivity contribution in [3.05, 3.63) is 12.2 Å². The molecule has 0 aliphatic carbocycles. The minimum atomic E-state index is 0.315. The molecule has 128 valence electrons. The molecule has 0 bridgehead atoms. The van der Waals surface area contributed by atoms with Crippen molar-refractivity contribution in [2.45, 2.75) is 45.6 Å². The number of aromatic nitrogens is 4. The van der Waals surface area contributed by atoms with Gasteiger partial charge in [0, 0.05) is 26.7 Å². The largest absolute Gasteiger partial charge is 0.396 e. The minimum absolute atomic E-state index is 0.315. The number of nitrogens with one attached hydrogen (secondary N) is 2. The molecule has 0 amide bonds. The lowest BCUT2D eigenvalue weighted by atomic mass is 10.1. The number of unbranched alkanes of at least 4 members (excludes halogenated alkanes) is 4. The number of hydrogen-bond acceptors (Lipinski definition) is 6. The Kier molecular flexibility index (Phi) is 7.22.